The van der Waals surface area contributed by atoms with Crippen LogP contribution >= 0.6 is 0 Å². The number of hydrogen-bond acceptors (Lipinski definition) is 7. The molecule has 2 fully saturated rings. The van der Waals surface area contributed by atoms with E-state index in [4.69, 9.17) is 18.7 Å². The van der Waals surface area contributed by atoms with Crippen molar-refractivity contribution in [2.45, 2.75) is 25.5 Å². The Kier molecular flexibility index (Phi) is 7.48. The van der Waals surface area contributed by atoms with E-state index in [9.17, 15) is 9.18 Å². The number of methoxy groups -OCH3 is 1. The molecule has 1 atom stereocenters. The minimum atomic E-state index is -0.396. The third-order valence-electron chi connectivity index (χ3n) is 6.62. The van der Waals surface area contributed by atoms with Crippen LogP contribution in [0.1, 0.15) is 28.8 Å². The molecule has 2 aliphatic rings. The minimum Gasteiger partial charge on any atom is -0.497 e. The first-order chi connectivity index (χ1) is 17.6. The largest absolute Gasteiger partial charge is 0.497 e. The molecule has 1 amide bonds. The minimum absolute atomic E-state index is 0.0594. The van der Waals surface area contributed by atoms with Gasteiger partial charge in [-0.05, 0) is 49.2 Å². The summed E-state index contributed by atoms with van der Waals surface area (Å²) in [6.45, 7) is 3.65. The molecule has 2 aliphatic heterocycles. The Hall–Kier alpha value is -3.43. The van der Waals surface area contributed by atoms with Crippen LogP contribution in [0.25, 0.3) is 11.3 Å². The van der Waals surface area contributed by atoms with E-state index in [-0.39, 0.29) is 18.6 Å². The van der Waals surface area contributed by atoms with Crippen molar-refractivity contribution in [2.75, 3.05) is 51.5 Å². The fourth-order valence-corrected chi connectivity index (χ4v) is 4.68. The predicted octanol–water partition coefficient (Wildman–Crippen LogP) is 4.15. The molecule has 0 saturated carbocycles. The topological polar surface area (TPSA) is 77.3 Å². The number of halogens is 1. The third kappa shape index (κ3) is 5.22. The van der Waals surface area contributed by atoms with Gasteiger partial charge in [-0.1, -0.05) is 17.3 Å². The zero-order chi connectivity index (χ0) is 24.9. The molecule has 3 aromatic rings. The summed E-state index contributed by atoms with van der Waals surface area (Å²) in [5.74, 6) is 0.665. The molecule has 9 heteroatoms. The lowest BCUT2D eigenvalue weighted by Crippen LogP contribution is -2.39. The Balaban J connectivity index is 1.52. The maximum atomic E-state index is 14.8. The molecule has 0 N–H and O–H groups in total. The normalized spacial score (nSPS) is 17.8. The number of morpholine rings is 1. The molecule has 0 bridgehead atoms. The number of benzene rings is 2. The van der Waals surface area contributed by atoms with Gasteiger partial charge in [-0.2, -0.15) is 0 Å². The molecule has 3 heterocycles. The molecule has 36 heavy (non-hydrogen) atoms. The van der Waals surface area contributed by atoms with Gasteiger partial charge in [0.15, 0.2) is 0 Å². The quantitative estimate of drug-likeness (QED) is 0.465. The number of ether oxygens (including phenoxy) is 3. The highest BCUT2D eigenvalue weighted by atomic mass is 19.1. The van der Waals surface area contributed by atoms with E-state index in [1.165, 1.54) is 6.07 Å². The van der Waals surface area contributed by atoms with Crippen molar-refractivity contribution in [1.29, 1.82) is 0 Å². The summed E-state index contributed by atoms with van der Waals surface area (Å²) in [6, 6.07) is 13.5. The second-order valence-electron chi connectivity index (χ2n) is 8.94. The highest BCUT2D eigenvalue weighted by molar-refractivity contribution is 5.94. The zero-order valence-corrected chi connectivity index (χ0v) is 20.3. The molecule has 2 saturated heterocycles. The van der Waals surface area contributed by atoms with Gasteiger partial charge in [0.05, 0.1) is 38.5 Å². The number of anilines is 1. The van der Waals surface area contributed by atoms with Crippen LogP contribution in [0.15, 0.2) is 53.1 Å². The van der Waals surface area contributed by atoms with Gasteiger partial charge < -0.3 is 28.5 Å². The first kappa shape index (κ1) is 24.3. The lowest BCUT2D eigenvalue weighted by molar-refractivity contribution is 0.0507. The molecule has 1 aromatic heterocycles. The lowest BCUT2D eigenvalue weighted by atomic mass is 10.0. The third-order valence-corrected chi connectivity index (χ3v) is 6.62. The van der Waals surface area contributed by atoms with Gasteiger partial charge in [-0.3, -0.25) is 4.79 Å². The highest BCUT2D eigenvalue weighted by Gasteiger charge is 2.30. The summed E-state index contributed by atoms with van der Waals surface area (Å²) in [5.41, 5.74) is 1.94. The first-order valence-electron chi connectivity index (χ1n) is 12.2. The predicted molar refractivity (Wildman–Crippen MR) is 132 cm³/mol. The Labute approximate surface area is 209 Å². The number of nitrogens with zero attached hydrogens (tertiary/aromatic N) is 3. The number of carbonyl (C=O) groups is 1. The summed E-state index contributed by atoms with van der Waals surface area (Å²) in [7, 11) is 1.59. The molecule has 1 unspecified atom stereocenters. The van der Waals surface area contributed by atoms with Crippen LogP contribution in [-0.4, -0.2) is 68.6 Å². The monoisotopic (exact) mass is 495 g/mol. The molecule has 0 spiro atoms. The smallest absolute Gasteiger partial charge is 0.254 e. The van der Waals surface area contributed by atoms with Gasteiger partial charge in [-0.25, -0.2) is 4.39 Å². The van der Waals surface area contributed by atoms with Crippen molar-refractivity contribution in [2.24, 2.45) is 0 Å². The molecular weight excluding hydrogens is 465 g/mol. The van der Waals surface area contributed by atoms with Crippen LogP contribution < -0.4 is 9.64 Å². The van der Waals surface area contributed by atoms with Crippen molar-refractivity contribution in [3.8, 4) is 17.0 Å². The lowest BCUT2D eigenvalue weighted by Gasteiger charge is -2.29. The van der Waals surface area contributed by atoms with Crippen molar-refractivity contribution in [3.63, 3.8) is 0 Å². The van der Waals surface area contributed by atoms with Crippen molar-refractivity contribution < 1.29 is 27.9 Å². The maximum Gasteiger partial charge on any atom is 0.254 e. The average Bonchev–Trinajstić information content (AvgIpc) is 3.59. The van der Waals surface area contributed by atoms with Gasteiger partial charge in [0.2, 0.25) is 5.88 Å². The van der Waals surface area contributed by atoms with E-state index in [1.807, 2.05) is 4.90 Å². The number of amides is 1. The first-order valence-corrected chi connectivity index (χ1v) is 12.2. The Morgan fingerprint density at radius 1 is 1.14 bits per heavy atom. The van der Waals surface area contributed by atoms with Crippen LogP contribution in [0.2, 0.25) is 0 Å². The SMILES string of the molecule is COc1ccc(C(=O)N(Cc2c(-c3ccccc3F)noc2N2CCOCC2)CC2CCCO2)cc1. The summed E-state index contributed by atoms with van der Waals surface area (Å²) >= 11 is 0. The second kappa shape index (κ2) is 11.1. The molecule has 190 valence electrons. The van der Waals surface area contributed by atoms with E-state index >= 15 is 0 Å². The summed E-state index contributed by atoms with van der Waals surface area (Å²) in [6.07, 6.45) is 1.78. The van der Waals surface area contributed by atoms with E-state index in [0.717, 1.165) is 12.8 Å². The molecule has 2 aromatic carbocycles. The Morgan fingerprint density at radius 2 is 1.92 bits per heavy atom. The fraction of sp³-hybridized carbons (Fsp3) is 0.407. The van der Waals surface area contributed by atoms with Crippen LogP contribution in [0, 0.1) is 5.82 Å². The average molecular weight is 496 g/mol. The fourth-order valence-electron chi connectivity index (χ4n) is 4.68. The van der Waals surface area contributed by atoms with Gasteiger partial charge in [0.25, 0.3) is 5.91 Å². The van der Waals surface area contributed by atoms with Gasteiger partial charge >= 0.3 is 0 Å². The van der Waals surface area contributed by atoms with E-state index in [0.29, 0.717) is 73.5 Å². The zero-order valence-electron chi connectivity index (χ0n) is 20.3. The van der Waals surface area contributed by atoms with E-state index in [2.05, 4.69) is 5.16 Å². The molecule has 0 aliphatic carbocycles. The van der Waals surface area contributed by atoms with Crippen LogP contribution in [0.4, 0.5) is 10.3 Å². The highest BCUT2D eigenvalue weighted by Crippen LogP contribution is 2.35. The number of aromatic nitrogens is 1. The van der Waals surface area contributed by atoms with E-state index < -0.39 is 5.82 Å². The van der Waals surface area contributed by atoms with Gasteiger partial charge in [0.1, 0.15) is 17.3 Å². The van der Waals surface area contributed by atoms with E-state index in [1.54, 1.807) is 54.5 Å². The Bertz CT molecular complexity index is 1170. The van der Waals surface area contributed by atoms with Crippen molar-refractivity contribution in [3.05, 3.63) is 65.5 Å². The molecule has 5 rings (SSSR count). The number of hydrogen-bond donors (Lipinski definition) is 0. The van der Waals surface area contributed by atoms with Crippen LogP contribution in [-0.2, 0) is 16.0 Å². The summed E-state index contributed by atoms with van der Waals surface area (Å²) in [5, 5.41) is 4.28. The number of rotatable bonds is 8. The second-order valence-corrected chi connectivity index (χ2v) is 8.94. The molecular formula is C27H30FN3O5. The maximum absolute atomic E-state index is 14.8. The molecule has 0 radical (unpaired) electrons. The summed E-state index contributed by atoms with van der Waals surface area (Å²) < 4.78 is 37.2. The van der Waals surface area contributed by atoms with Gasteiger partial charge in [-0.15, -0.1) is 0 Å². The van der Waals surface area contributed by atoms with Crippen LogP contribution in [0.3, 0.4) is 0 Å². The van der Waals surface area contributed by atoms with Crippen LogP contribution in [0.5, 0.6) is 5.75 Å². The van der Waals surface area contributed by atoms with Crippen molar-refractivity contribution >= 4 is 11.8 Å². The van der Waals surface area contributed by atoms with Crippen molar-refractivity contribution in [1.82, 2.24) is 10.1 Å². The van der Waals surface area contributed by atoms with Gasteiger partial charge in [0, 0.05) is 37.4 Å². The number of carbonyl (C=O) groups excluding carboxylic acids is 1. The standard InChI is InChI=1S/C27H30FN3O5/c1-33-20-10-8-19(9-11-20)26(32)31(17-21-5-4-14-35-21)18-23-25(22-6-2-3-7-24(22)28)29-36-27(23)30-12-15-34-16-13-30/h2-3,6-11,21H,4-5,12-18H2,1H3. The Morgan fingerprint density at radius 3 is 2.61 bits per heavy atom. The summed E-state index contributed by atoms with van der Waals surface area (Å²) in [4.78, 5) is 17.5. The molecule has 8 nitrogen and oxygen atoms in total.